The molecule has 0 aromatic heterocycles. The van der Waals surface area contributed by atoms with Crippen molar-refractivity contribution in [1.82, 2.24) is 5.32 Å². The van der Waals surface area contributed by atoms with E-state index in [1.165, 1.54) is 43.6 Å². The standard InChI is InChI=1S/C17H28N2/c1-14(2)15(3)18-13-16-8-7-9-17(12-16)19-10-5-4-6-11-19/h7-9,12,14-15,18H,4-6,10-11,13H2,1-3H3. The second kappa shape index (κ2) is 6.95. The Balaban J connectivity index is 1.94. The Kier molecular flexibility index (Phi) is 5.26. The smallest absolute Gasteiger partial charge is 0.0369 e. The van der Waals surface area contributed by atoms with E-state index >= 15 is 0 Å². The van der Waals surface area contributed by atoms with Crippen LogP contribution in [-0.2, 0) is 6.54 Å². The van der Waals surface area contributed by atoms with Gasteiger partial charge in [0.1, 0.15) is 0 Å². The molecule has 1 aromatic rings. The summed E-state index contributed by atoms with van der Waals surface area (Å²) in [6, 6.07) is 9.60. The average molecular weight is 260 g/mol. The molecule has 2 rings (SSSR count). The highest BCUT2D eigenvalue weighted by molar-refractivity contribution is 5.48. The topological polar surface area (TPSA) is 15.3 Å². The molecule has 1 fully saturated rings. The Morgan fingerprint density at radius 2 is 1.84 bits per heavy atom. The van der Waals surface area contributed by atoms with Crippen LogP contribution < -0.4 is 10.2 Å². The van der Waals surface area contributed by atoms with Gasteiger partial charge in [-0.15, -0.1) is 0 Å². The summed E-state index contributed by atoms with van der Waals surface area (Å²) in [5.74, 6) is 0.685. The maximum Gasteiger partial charge on any atom is 0.0369 e. The quantitative estimate of drug-likeness (QED) is 0.866. The minimum Gasteiger partial charge on any atom is -0.372 e. The minimum atomic E-state index is 0.568. The molecule has 1 N–H and O–H groups in total. The number of nitrogens with one attached hydrogen (secondary N) is 1. The number of benzene rings is 1. The van der Waals surface area contributed by atoms with E-state index in [0.29, 0.717) is 12.0 Å². The van der Waals surface area contributed by atoms with Crippen LogP contribution in [0.2, 0.25) is 0 Å². The van der Waals surface area contributed by atoms with Crippen LogP contribution in [0.5, 0.6) is 0 Å². The van der Waals surface area contributed by atoms with Crippen molar-refractivity contribution in [2.45, 2.75) is 52.6 Å². The Hall–Kier alpha value is -1.02. The predicted molar refractivity (Wildman–Crippen MR) is 83.6 cm³/mol. The van der Waals surface area contributed by atoms with Crippen molar-refractivity contribution < 1.29 is 0 Å². The molecular weight excluding hydrogens is 232 g/mol. The molecule has 2 nitrogen and oxygen atoms in total. The van der Waals surface area contributed by atoms with Gasteiger partial charge in [0, 0.05) is 31.4 Å². The zero-order valence-corrected chi connectivity index (χ0v) is 12.7. The summed E-state index contributed by atoms with van der Waals surface area (Å²) in [6.07, 6.45) is 4.07. The molecule has 0 spiro atoms. The van der Waals surface area contributed by atoms with Crippen molar-refractivity contribution in [1.29, 1.82) is 0 Å². The van der Waals surface area contributed by atoms with E-state index in [2.05, 4.69) is 55.3 Å². The largest absolute Gasteiger partial charge is 0.372 e. The maximum absolute atomic E-state index is 3.61. The molecule has 1 aromatic carbocycles. The summed E-state index contributed by atoms with van der Waals surface area (Å²) in [5, 5.41) is 3.61. The molecule has 1 heterocycles. The first kappa shape index (κ1) is 14.4. The summed E-state index contributed by atoms with van der Waals surface area (Å²) < 4.78 is 0. The second-order valence-electron chi connectivity index (χ2n) is 6.13. The Labute approximate surface area is 118 Å². The molecule has 0 saturated carbocycles. The maximum atomic E-state index is 3.61. The van der Waals surface area contributed by atoms with Crippen LogP contribution in [0.3, 0.4) is 0 Å². The normalized spacial score (nSPS) is 17.8. The molecule has 1 saturated heterocycles. The van der Waals surface area contributed by atoms with Crippen LogP contribution in [0.1, 0.15) is 45.6 Å². The Bertz CT molecular complexity index is 381. The van der Waals surface area contributed by atoms with Gasteiger partial charge in [0.2, 0.25) is 0 Å². The molecule has 0 amide bonds. The van der Waals surface area contributed by atoms with Crippen LogP contribution in [0.25, 0.3) is 0 Å². The Morgan fingerprint density at radius 1 is 1.11 bits per heavy atom. The first-order valence-electron chi connectivity index (χ1n) is 7.74. The number of anilines is 1. The number of hydrogen-bond donors (Lipinski definition) is 1. The highest BCUT2D eigenvalue weighted by Crippen LogP contribution is 2.21. The van der Waals surface area contributed by atoms with E-state index in [1.807, 2.05) is 0 Å². The average Bonchev–Trinajstić information content (AvgIpc) is 2.46. The summed E-state index contributed by atoms with van der Waals surface area (Å²) >= 11 is 0. The fraction of sp³-hybridized carbons (Fsp3) is 0.647. The lowest BCUT2D eigenvalue weighted by atomic mass is 10.1. The monoisotopic (exact) mass is 260 g/mol. The van der Waals surface area contributed by atoms with Crippen molar-refractivity contribution in [2.24, 2.45) is 5.92 Å². The third kappa shape index (κ3) is 4.24. The predicted octanol–water partition coefficient (Wildman–Crippen LogP) is 3.81. The summed E-state index contributed by atoms with van der Waals surface area (Å²) in [6.45, 7) is 10.2. The van der Waals surface area contributed by atoms with Crippen LogP contribution in [0, 0.1) is 5.92 Å². The zero-order chi connectivity index (χ0) is 13.7. The number of rotatable bonds is 5. The first-order valence-corrected chi connectivity index (χ1v) is 7.74. The summed E-state index contributed by atoms with van der Waals surface area (Å²) in [4.78, 5) is 2.53. The molecule has 1 atom stereocenters. The van der Waals surface area contributed by atoms with Gasteiger partial charge in [-0.3, -0.25) is 0 Å². The van der Waals surface area contributed by atoms with Crippen LogP contribution in [0.15, 0.2) is 24.3 Å². The molecule has 1 aliphatic heterocycles. The van der Waals surface area contributed by atoms with E-state index < -0.39 is 0 Å². The minimum absolute atomic E-state index is 0.568. The molecule has 0 radical (unpaired) electrons. The SMILES string of the molecule is CC(C)C(C)NCc1cccc(N2CCCCC2)c1. The van der Waals surface area contributed by atoms with Crippen molar-refractivity contribution in [2.75, 3.05) is 18.0 Å². The fourth-order valence-electron chi connectivity index (χ4n) is 2.53. The Morgan fingerprint density at radius 3 is 2.53 bits per heavy atom. The third-order valence-corrected chi connectivity index (χ3v) is 4.26. The number of hydrogen-bond acceptors (Lipinski definition) is 2. The van der Waals surface area contributed by atoms with Crippen molar-refractivity contribution >= 4 is 5.69 Å². The summed E-state index contributed by atoms with van der Waals surface area (Å²) in [5.41, 5.74) is 2.80. The molecule has 106 valence electrons. The van der Waals surface area contributed by atoms with Crippen LogP contribution in [-0.4, -0.2) is 19.1 Å². The molecule has 1 unspecified atom stereocenters. The summed E-state index contributed by atoms with van der Waals surface area (Å²) in [7, 11) is 0. The molecule has 2 heteroatoms. The van der Waals surface area contributed by atoms with Crippen LogP contribution >= 0.6 is 0 Å². The van der Waals surface area contributed by atoms with Gasteiger partial charge in [0.15, 0.2) is 0 Å². The van der Waals surface area contributed by atoms with Gasteiger partial charge in [-0.25, -0.2) is 0 Å². The van der Waals surface area contributed by atoms with Gasteiger partial charge in [-0.1, -0.05) is 26.0 Å². The first-order chi connectivity index (χ1) is 9.16. The van der Waals surface area contributed by atoms with E-state index in [-0.39, 0.29) is 0 Å². The van der Waals surface area contributed by atoms with E-state index in [9.17, 15) is 0 Å². The fourth-order valence-corrected chi connectivity index (χ4v) is 2.53. The molecular formula is C17H28N2. The number of piperidine rings is 1. The molecule has 0 aliphatic carbocycles. The lowest BCUT2D eigenvalue weighted by Gasteiger charge is -2.29. The van der Waals surface area contributed by atoms with Gasteiger partial charge in [-0.05, 0) is 49.8 Å². The molecule has 19 heavy (non-hydrogen) atoms. The molecule has 0 bridgehead atoms. The zero-order valence-electron chi connectivity index (χ0n) is 12.7. The third-order valence-electron chi connectivity index (χ3n) is 4.26. The van der Waals surface area contributed by atoms with Gasteiger partial charge >= 0.3 is 0 Å². The van der Waals surface area contributed by atoms with Gasteiger partial charge in [-0.2, -0.15) is 0 Å². The molecule has 1 aliphatic rings. The van der Waals surface area contributed by atoms with Gasteiger partial charge < -0.3 is 10.2 Å². The lowest BCUT2D eigenvalue weighted by Crippen LogP contribution is -2.31. The lowest BCUT2D eigenvalue weighted by molar-refractivity contribution is 0.426. The van der Waals surface area contributed by atoms with E-state index in [1.54, 1.807) is 0 Å². The van der Waals surface area contributed by atoms with E-state index in [4.69, 9.17) is 0 Å². The number of nitrogens with zero attached hydrogens (tertiary/aromatic N) is 1. The second-order valence-corrected chi connectivity index (χ2v) is 6.13. The van der Waals surface area contributed by atoms with Gasteiger partial charge in [0.05, 0.1) is 0 Å². The van der Waals surface area contributed by atoms with Crippen molar-refractivity contribution in [3.63, 3.8) is 0 Å². The van der Waals surface area contributed by atoms with Crippen molar-refractivity contribution in [3.8, 4) is 0 Å². The van der Waals surface area contributed by atoms with E-state index in [0.717, 1.165) is 6.54 Å². The highest BCUT2D eigenvalue weighted by Gasteiger charge is 2.11. The van der Waals surface area contributed by atoms with Crippen molar-refractivity contribution in [3.05, 3.63) is 29.8 Å². The van der Waals surface area contributed by atoms with Gasteiger partial charge in [0.25, 0.3) is 0 Å². The van der Waals surface area contributed by atoms with Crippen LogP contribution in [0.4, 0.5) is 5.69 Å². The highest BCUT2D eigenvalue weighted by atomic mass is 15.1.